The molecular formula is C33H44N4O6. The summed E-state index contributed by atoms with van der Waals surface area (Å²) < 4.78 is 11.3. The highest BCUT2D eigenvalue weighted by atomic mass is 16.5. The molecule has 0 unspecified atom stereocenters. The normalized spacial score (nSPS) is 21.8. The van der Waals surface area contributed by atoms with Crippen LogP contribution in [0.15, 0.2) is 48.5 Å². The van der Waals surface area contributed by atoms with Crippen LogP contribution in [0.25, 0.3) is 0 Å². The van der Waals surface area contributed by atoms with Gasteiger partial charge in [0.05, 0.1) is 12.2 Å². The number of likely N-dealkylation sites (tertiary alicyclic amines) is 1. The molecule has 2 heterocycles. The van der Waals surface area contributed by atoms with Crippen LogP contribution in [0, 0.1) is 0 Å². The fourth-order valence-corrected chi connectivity index (χ4v) is 6.77. The molecule has 2 aromatic rings. The maximum absolute atomic E-state index is 13.8. The second kappa shape index (κ2) is 13.4. The Morgan fingerprint density at radius 2 is 1.60 bits per heavy atom. The summed E-state index contributed by atoms with van der Waals surface area (Å²) in [5.74, 6) is 0.985. The first-order chi connectivity index (χ1) is 20.7. The molecule has 10 heteroatoms. The molecule has 3 fully saturated rings. The van der Waals surface area contributed by atoms with Crippen molar-refractivity contribution >= 4 is 17.7 Å². The van der Waals surface area contributed by atoms with Crippen molar-refractivity contribution in [1.29, 1.82) is 0 Å². The number of nitrogens with zero attached hydrogens (tertiary/aromatic N) is 2. The Bertz CT molecular complexity index is 1270. The van der Waals surface area contributed by atoms with Crippen molar-refractivity contribution in [3.8, 4) is 11.5 Å². The predicted octanol–water partition coefficient (Wildman–Crippen LogP) is 3.23. The molecule has 1 aliphatic carbocycles. The molecule has 1 spiro atoms. The van der Waals surface area contributed by atoms with Crippen molar-refractivity contribution in [3.63, 3.8) is 0 Å². The highest BCUT2D eigenvalue weighted by Crippen LogP contribution is 2.37. The number of carbonyl (C=O) groups excluding carboxylic acids is 3. The molecule has 5 rings (SSSR count). The maximum Gasteiger partial charge on any atom is 0.251 e. The summed E-state index contributed by atoms with van der Waals surface area (Å²) in [7, 11) is 3.20. The first-order valence-corrected chi connectivity index (χ1v) is 15.4. The summed E-state index contributed by atoms with van der Waals surface area (Å²) in [6.07, 6.45) is 5.68. The zero-order chi connectivity index (χ0) is 30.5. The van der Waals surface area contributed by atoms with Crippen LogP contribution in [0.5, 0.6) is 11.5 Å². The van der Waals surface area contributed by atoms with Gasteiger partial charge >= 0.3 is 0 Å². The van der Waals surface area contributed by atoms with Crippen molar-refractivity contribution in [3.05, 3.63) is 59.7 Å². The molecule has 3 aliphatic rings. The molecule has 0 aromatic heterocycles. The van der Waals surface area contributed by atoms with E-state index in [2.05, 4.69) is 15.5 Å². The van der Waals surface area contributed by atoms with Crippen molar-refractivity contribution in [2.45, 2.75) is 75.1 Å². The van der Waals surface area contributed by atoms with E-state index < -0.39 is 17.2 Å². The summed E-state index contributed by atoms with van der Waals surface area (Å²) in [5, 5.41) is 16.7. The largest absolute Gasteiger partial charge is 0.457 e. The van der Waals surface area contributed by atoms with Crippen LogP contribution in [0.4, 0.5) is 0 Å². The lowest BCUT2D eigenvalue weighted by Gasteiger charge is -2.52. The number of nitrogens with one attached hydrogen (secondary N) is 2. The molecule has 232 valence electrons. The summed E-state index contributed by atoms with van der Waals surface area (Å²) >= 11 is 0. The number of aliphatic hydroxyl groups is 1. The zero-order valence-electron chi connectivity index (χ0n) is 25.3. The molecule has 3 amide bonds. The zero-order valence-corrected chi connectivity index (χ0v) is 25.3. The third-order valence-corrected chi connectivity index (χ3v) is 9.29. The van der Waals surface area contributed by atoms with Crippen LogP contribution in [-0.4, -0.2) is 90.2 Å². The van der Waals surface area contributed by atoms with Crippen LogP contribution in [0.2, 0.25) is 0 Å². The summed E-state index contributed by atoms with van der Waals surface area (Å²) in [5.41, 5.74) is -0.101. The van der Waals surface area contributed by atoms with Gasteiger partial charge in [0.15, 0.2) is 0 Å². The summed E-state index contributed by atoms with van der Waals surface area (Å²) in [6, 6.07) is 14.2. The van der Waals surface area contributed by atoms with Gasteiger partial charge in [0.25, 0.3) is 5.91 Å². The first kappa shape index (κ1) is 31.0. The first-order valence-electron chi connectivity index (χ1n) is 15.4. The SMILES string of the molecule is CNC(=O)c1ccc(Oc2ccc(CN3CCC4(CC3)C(=O)N[C@H](CC3(O)CCCCC3)C(=O)N4CCOC)cc2)cc1. The second-order valence-electron chi connectivity index (χ2n) is 12.2. The van der Waals surface area contributed by atoms with Gasteiger partial charge in [-0.25, -0.2) is 0 Å². The van der Waals surface area contributed by atoms with Crippen LogP contribution in [0.1, 0.15) is 67.3 Å². The summed E-state index contributed by atoms with van der Waals surface area (Å²) in [6.45, 7) is 2.78. The van der Waals surface area contributed by atoms with Gasteiger partial charge in [0.2, 0.25) is 11.8 Å². The van der Waals surface area contributed by atoms with Crippen LogP contribution in [-0.2, 0) is 20.9 Å². The van der Waals surface area contributed by atoms with Gasteiger partial charge in [-0.3, -0.25) is 19.3 Å². The van der Waals surface area contributed by atoms with Crippen LogP contribution in [0.3, 0.4) is 0 Å². The number of hydrogen-bond acceptors (Lipinski definition) is 7. The minimum atomic E-state index is -0.900. The quantitative estimate of drug-likeness (QED) is 0.388. The molecule has 2 saturated heterocycles. The molecule has 1 saturated carbocycles. The Morgan fingerprint density at radius 1 is 0.977 bits per heavy atom. The number of piperidine rings is 1. The Labute approximate surface area is 253 Å². The van der Waals surface area contributed by atoms with Gasteiger partial charge in [-0.05, 0) is 67.6 Å². The number of rotatable bonds is 10. The third-order valence-electron chi connectivity index (χ3n) is 9.29. The topological polar surface area (TPSA) is 120 Å². The smallest absolute Gasteiger partial charge is 0.251 e. The average molecular weight is 593 g/mol. The van der Waals surface area contributed by atoms with E-state index in [1.807, 2.05) is 24.3 Å². The van der Waals surface area contributed by atoms with E-state index in [4.69, 9.17) is 9.47 Å². The highest BCUT2D eigenvalue weighted by Gasteiger charge is 2.54. The number of carbonyl (C=O) groups is 3. The number of piperazine rings is 1. The number of methoxy groups -OCH3 is 1. The fourth-order valence-electron chi connectivity index (χ4n) is 6.77. The van der Waals surface area contributed by atoms with Crippen molar-refractivity contribution < 1.29 is 29.0 Å². The molecule has 0 bridgehead atoms. The van der Waals surface area contributed by atoms with Crippen molar-refractivity contribution in [2.75, 3.05) is 40.4 Å². The third kappa shape index (κ3) is 7.03. The Hall–Kier alpha value is -3.47. The molecule has 2 aromatic carbocycles. The van der Waals surface area contributed by atoms with Gasteiger partial charge < -0.3 is 30.1 Å². The minimum Gasteiger partial charge on any atom is -0.457 e. The molecule has 0 radical (unpaired) electrons. The predicted molar refractivity (Wildman–Crippen MR) is 162 cm³/mol. The lowest BCUT2D eigenvalue weighted by Crippen LogP contribution is -2.73. The molecular weight excluding hydrogens is 548 g/mol. The van der Waals surface area contributed by atoms with Crippen LogP contribution < -0.4 is 15.4 Å². The average Bonchev–Trinajstić information content (AvgIpc) is 3.02. The lowest BCUT2D eigenvalue weighted by atomic mass is 9.77. The van der Waals surface area contributed by atoms with Crippen LogP contribution >= 0.6 is 0 Å². The molecule has 2 aliphatic heterocycles. The van der Waals surface area contributed by atoms with Crippen molar-refractivity contribution in [2.24, 2.45) is 0 Å². The van der Waals surface area contributed by atoms with Crippen molar-refractivity contribution in [1.82, 2.24) is 20.4 Å². The van der Waals surface area contributed by atoms with Gasteiger partial charge in [-0.2, -0.15) is 0 Å². The second-order valence-corrected chi connectivity index (χ2v) is 12.2. The molecule has 1 atom stereocenters. The lowest BCUT2D eigenvalue weighted by molar-refractivity contribution is -0.164. The summed E-state index contributed by atoms with van der Waals surface area (Å²) in [4.78, 5) is 43.2. The van der Waals surface area contributed by atoms with E-state index in [1.54, 1.807) is 43.3 Å². The monoisotopic (exact) mass is 592 g/mol. The standard InChI is InChI=1S/C33H44N4O6/c1-34-29(38)25-8-12-27(13-9-25)43-26-10-6-24(7-11-26)23-36-18-16-33(17-19-36)31(40)35-28(30(39)37(33)20-21-42-2)22-32(41)14-4-3-5-15-32/h6-13,28,41H,3-5,14-23H2,1-2H3,(H,34,38)(H,35,40)/t28-/m1/s1. The van der Waals surface area contributed by atoms with E-state index in [-0.39, 0.29) is 24.1 Å². The van der Waals surface area contributed by atoms with Gasteiger partial charge in [-0.15, -0.1) is 0 Å². The Kier molecular flexibility index (Phi) is 9.68. The number of ether oxygens (including phenoxy) is 2. The van der Waals surface area contributed by atoms with E-state index in [1.165, 1.54) is 0 Å². The van der Waals surface area contributed by atoms with E-state index >= 15 is 0 Å². The number of amides is 3. The van der Waals surface area contributed by atoms with E-state index in [0.717, 1.165) is 31.4 Å². The minimum absolute atomic E-state index is 0.108. The Morgan fingerprint density at radius 3 is 2.21 bits per heavy atom. The van der Waals surface area contributed by atoms with E-state index in [9.17, 15) is 19.5 Å². The van der Waals surface area contributed by atoms with Gasteiger partial charge in [0, 0.05) is 52.3 Å². The number of benzene rings is 2. The highest BCUT2D eigenvalue weighted by molar-refractivity contribution is 6.00. The maximum atomic E-state index is 13.8. The van der Waals surface area contributed by atoms with Gasteiger partial charge in [-0.1, -0.05) is 31.4 Å². The molecule has 3 N–H and O–H groups in total. The molecule has 10 nitrogen and oxygen atoms in total. The Balaban J connectivity index is 1.19. The fraction of sp³-hybridized carbons (Fsp3) is 0.545. The van der Waals surface area contributed by atoms with E-state index in [0.29, 0.717) is 69.0 Å². The molecule has 43 heavy (non-hydrogen) atoms. The number of hydrogen-bond donors (Lipinski definition) is 3. The van der Waals surface area contributed by atoms with Gasteiger partial charge in [0.1, 0.15) is 23.1 Å².